The van der Waals surface area contributed by atoms with Gasteiger partial charge in [0, 0.05) is 10.0 Å². The number of rotatable bonds is 3. The molecule has 12 heteroatoms. The van der Waals surface area contributed by atoms with Crippen molar-refractivity contribution in [1.82, 2.24) is 10.6 Å². The van der Waals surface area contributed by atoms with Gasteiger partial charge in [0.2, 0.25) is 5.72 Å². The minimum absolute atomic E-state index is 0.0378. The van der Waals surface area contributed by atoms with Crippen LogP contribution in [0.15, 0.2) is 38.6 Å². The number of benzene rings is 1. The summed E-state index contributed by atoms with van der Waals surface area (Å²) in [6, 6.07) is 2.49. The number of halogens is 5. The van der Waals surface area contributed by atoms with Crippen LogP contribution in [0.2, 0.25) is 0 Å². The third-order valence-electron chi connectivity index (χ3n) is 4.25. The monoisotopic (exact) mass is 542 g/mol. The number of thiophene rings is 1. The minimum Gasteiger partial charge on any atom is -0.506 e. The Balaban J connectivity index is 2.24. The van der Waals surface area contributed by atoms with Crippen LogP contribution < -0.4 is 10.6 Å². The summed E-state index contributed by atoms with van der Waals surface area (Å²) in [5, 5.41) is 26.0. The Morgan fingerprint density at radius 2 is 1.96 bits per heavy atom. The minimum atomic E-state index is -5.36. The molecule has 3 atom stereocenters. The summed E-state index contributed by atoms with van der Waals surface area (Å²) in [7, 11) is 0. The summed E-state index contributed by atoms with van der Waals surface area (Å²) < 4.78 is 41.8. The van der Waals surface area contributed by atoms with Gasteiger partial charge in [0.25, 0.3) is 0 Å². The molecule has 0 bridgehead atoms. The van der Waals surface area contributed by atoms with E-state index in [4.69, 9.17) is 0 Å². The molecule has 1 aromatic carbocycles. The molecule has 1 saturated heterocycles. The third-order valence-corrected chi connectivity index (χ3v) is 6.19. The molecule has 2 amide bonds. The second kappa shape index (κ2) is 7.32. The number of amides is 2. The van der Waals surface area contributed by atoms with Gasteiger partial charge in [0.15, 0.2) is 5.78 Å². The summed E-state index contributed by atoms with van der Waals surface area (Å²) in [6.45, 7) is 0. The van der Waals surface area contributed by atoms with Crippen molar-refractivity contribution in [3.63, 3.8) is 0 Å². The van der Waals surface area contributed by atoms with E-state index in [2.05, 4.69) is 37.2 Å². The molecule has 0 aliphatic carbocycles. The zero-order chi connectivity index (χ0) is 20.9. The summed E-state index contributed by atoms with van der Waals surface area (Å²) >= 11 is 7.12. The molecule has 0 radical (unpaired) electrons. The Morgan fingerprint density at radius 1 is 1.29 bits per heavy atom. The molecule has 4 N–H and O–H groups in total. The number of ketones is 1. The molecule has 1 aromatic heterocycles. The molecular weight excluding hydrogens is 533 g/mol. The maximum atomic E-state index is 13.8. The lowest BCUT2D eigenvalue weighted by Crippen LogP contribution is -2.72. The number of nitrogens with one attached hydrogen (secondary N) is 2. The predicted molar refractivity (Wildman–Crippen MR) is 101 cm³/mol. The van der Waals surface area contributed by atoms with Gasteiger partial charge in [-0.25, -0.2) is 4.79 Å². The van der Waals surface area contributed by atoms with Crippen LogP contribution in [0, 0.1) is 5.92 Å². The largest absolute Gasteiger partial charge is 0.506 e. The SMILES string of the molecule is O=C1N[C@H](c2cc(Br)cc(Br)c2O)[C@H](C(=O)c2cccs2)[C@](O)(C(F)(F)F)N1. The Bertz CT molecular complexity index is 939. The van der Waals surface area contributed by atoms with Gasteiger partial charge in [-0.15, -0.1) is 11.3 Å². The lowest BCUT2D eigenvalue weighted by Gasteiger charge is -2.45. The van der Waals surface area contributed by atoms with Crippen LogP contribution in [0.3, 0.4) is 0 Å². The summed E-state index contributed by atoms with van der Waals surface area (Å²) in [5.41, 5.74) is -4.02. The van der Waals surface area contributed by atoms with Gasteiger partial charge in [-0.2, -0.15) is 13.2 Å². The van der Waals surface area contributed by atoms with E-state index in [1.54, 1.807) is 0 Å². The molecule has 1 aliphatic rings. The van der Waals surface area contributed by atoms with Crippen molar-refractivity contribution in [2.24, 2.45) is 5.92 Å². The highest BCUT2D eigenvalue weighted by Crippen LogP contribution is 2.47. The van der Waals surface area contributed by atoms with Gasteiger partial charge >= 0.3 is 12.2 Å². The molecular formula is C16H11Br2F3N2O4S. The Morgan fingerprint density at radius 3 is 2.54 bits per heavy atom. The van der Waals surface area contributed by atoms with Gasteiger partial charge < -0.3 is 20.8 Å². The highest BCUT2D eigenvalue weighted by molar-refractivity contribution is 9.11. The van der Waals surface area contributed by atoms with E-state index >= 15 is 0 Å². The van der Waals surface area contributed by atoms with Crippen LogP contribution >= 0.6 is 43.2 Å². The zero-order valence-corrected chi connectivity index (χ0v) is 17.5. The lowest BCUT2D eigenvalue weighted by molar-refractivity contribution is -0.287. The number of carbonyl (C=O) groups is 2. The smallest absolute Gasteiger partial charge is 0.437 e. The van der Waals surface area contributed by atoms with Gasteiger partial charge in [-0.1, -0.05) is 22.0 Å². The van der Waals surface area contributed by atoms with Crippen molar-refractivity contribution >= 4 is 55.0 Å². The number of alkyl halides is 3. The first-order valence-electron chi connectivity index (χ1n) is 7.59. The molecule has 0 saturated carbocycles. The fraction of sp³-hybridized carbons (Fsp3) is 0.250. The maximum absolute atomic E-state index is 13.8. The summed E-state index contributed by atoms with van der Waals surface area (Å²) in [6.07, 6.45) is -5.36. The topological polar surface area (TPSA) is 98.7 Å². The first-order valence-corrected chi connectivity index (χ1v) is 10.1. The van der Waals surface area contributed by atoms with Crippen molar-refractivity contribution in [3.05, 3.63) is 49.0 Å². The highest BCUT2D eigenvalue weighted by Gasteiger charge is 2.66. The Labute approximate surface area is 177 Å². The molecule has 1 fully saturated rings. The van der Waals surface area contributed by atoms with Crippen molar-refractivity contribution in [2.75, 3.05) is 0 Å². The molecule has 2 aromatic rings. The number of aliphatic hydroxyl groups is 1. The fourth-order valence-electron chi connectivity index (χ4n) is 2.99. The third kappa shape index (κ3) is 3.53. The maximum Gasteiger partial charge on any atom is 0.437 e. The van der Waals surface area contributed by atoms with Crippen molar-refractivity contribution in [1.29, 1.82) is 0 Å². The van der Waals surface area contributed by atoms with E-state index in [9.17, 15) is 33.0 Å². The second-order valence-corrected chi connectivity index (χ2v) is 8.70. The van der Waals surface area contributed by atoms with Crippen LogP contribution in [-0.2, 0) is 0 Å². The molecule has 0 spiro atoms. The van der Waals surface area contributed by atoms with Gasteiger partial charge in [-0.3, -0.25) is 4.79 Å². The van der Waals surface area contributed by atoms with Crippen molar-refractivity contribution in [3.8, 4) is 5.75 Å². The fourth-order valence-corrected chi connectivity index (χ4v) is 4.96. The van der Waals surface area contributed by atoms with E-state index in [-0.39, 0.29) is 14.9 Å². The number of hydrogen-bond acceptors (Lipinski definition) is 5. The van der Waals surface area contributed by atoms with Gasteiger partial charge in [0.1, 0.15) is 11.7 Å². The van der Waals surface area contributed by atoms with Crippen LogP contribution in [0.1, 0.15) is 21.3 Å². The summed E-state index contributed by atoms with van der Waals surface area (Å²) in [5.74, 6) is -3.71. The van der Waals surface area contributed by atoms with E-state index in [1.807, 2.05) is 0 Å². The van der Waals surface area contributed by atoms with Crippen LogP contribution in [-0.4, -0.2) is 33.9 Å². The molecule has 150 valence electrons. The molecule has 28 heavy (non-hydrogen) atoms. The number of carbonyl (C=O) groups excluding carboxylic acids is 2. The summed E-state index contributed by atoms with van der Waals surface area (Å²) in [4.78, 5) is 24.9. The van der Waals surface area contributed by atoms with Crippen molar-refractivity contribution < 1.29 is 33.0 Å². The molecule has 0 unspecified atom stereocenters. The van der Waals surface area contributed by atoms with E-state index < -0.39 is 41.4 Å². The zero-order valence-electron chi connectivity index (χ0n) is 13.6. The lowest BCUT2D eigenvalue weighted by atomic mass is 9.78. The molecule has 6 nitrogen and oxygen atoms in total. The van der Waals surface area contributed by atoms with Crippen molar-refractivity contribution in [2.45, 2.75) is 17.9 Å². The van der Waals surface area contributed by atoms with E-state index in [0.717, 1.165) is 11.3 Å². The standard InChI is InChI=1S/C16H11Br2F3N2O4S/c17-6-4-7(12(24)8(18)5-6)11-10(13(25)9-2-1-3-28-9)15(27,16(19,20)21)23-14(26)22-11/h1-5,10-11,24,27H,(H2,22,23,26)/t10-,11-,15+/m1/s1. The average molecular weight is 544 g/mol. The number of aromatic hydroxyl groups is 1. The van der Waals surface area contributed by atoms with Crippen LogP contribution in [0.25, 0.3) is 0 Å². The Hall–Kier alpha value is -1.63. The Kier molecular flexibility index (Phi) is 5.51. The van der Waals surface area contributed by atoms with E-state index in [1.165, 1.54) is 35.0 Å². The molecule has 3 rings (SSSR count). The number of phenols is 1. The first-order chi connectivity index (χ1) is 13.0. The molecule has 2 heterocycles. The average Bonchev–Trinajstić information content (AvgIpc) is 3.10. The normalized spacial score (nSPS) is 25.1. The predicted octanol–water partition coefficient (Wildman–Crippen LogP) is 4.08. The second-order valence-electron chi connectivity index (χ2n) is 5.98. The number of urea groups is 1. The van der Waals surface area contributed by atoms with Crippen LogP contribution in [0.5, 0.6) is 5.75 Å². The number of Topliss-reactive ketones (excluding diaryl/α,β-unsaturated/α-hetero) is 1. The highest BCUT2D eigenvalue weighted by atomic mass is 79.9. The molecule has 1 aliphatic heterocycles. The number of phenolic OH excluding ortho intramolecular Hbond substituents is 1. The van der Waals surface area contributed by atoms with Gasteiger partial charge in [-0.05, 0) is 39.5 Å². The van der Waals surface area contributed by atoms with E-state index in [0.29, 0.717) is 4.47 Å². The first kappa shape index (κ1) is 21.1. The van der Waals surface area contributed by atoms with Gasteiger partial charge in [0.05, 0.1) is 15.4 Å². The quantitative estimate of drug-likeness (QED) is 0.438. The number of hydrogen-bond donors (Lipinski definition) is 4. The van der Waals surface area contributed by atoms with Crippen LogP contribution in [0.4, 0.5) is 18.0 Å².